The molecule has 0 saturated heterocycles. The third kappa shape index (κ3) is 1.37. The minimum Gasteiger partial charge on any atom is -0.381 e. The third-order valence-corrected chi connectivity index (χ3v) is 3.88. The fourth-order valence-electron chi connectivity index (χ4n) is 2.82. The van der Waals surface area contributed by atoms with Gasteiger partial charge >= 0.3 is 0 Å². The minimum atomic E-state index is 0.390. The average molecular weight is 203 g/mol. The van der Waals surface area contributed by atoms with E-state index in [9.17, 15) is 0 Å². The molecule has 0 radical (unpaired) electrons. The van der Waals surface area contributed by atoms with E-state index in [0.29, 0.717) is 11.5 Å². The van der Waals surface area contributed by atoms with Crippen LogP contribution >= 0.6 is 0 Å². The van der Waals surface area contributed by atoms with Crippen molar-refractivity contribution in [1.82, 2.24) is 4.98 Å². The van der Waals surface area contributed by atoms with Gasteiger partial charge in [-0.05, 0) is 25.0 Å². The Kier molecular flexibility index (Phi) is 1.87. The van der Waals surface area contributed by atoms with E-state index in [2.05, 4.69) is 28.6 Å². The van der Waals surface area contributed by atoms with Crippen LogP contribution in [0.25, 0.3) is 0 Å². The molecule has 1 aliphatic heterocycles. The number of nitrogens with one attached hydrogen (secondary N) is 2. The molecule has 15 heavy (non-hydrogen) atoms. The van der Waals surface area contributed by atoms with Crippen molar-refractivity contribution in [3.05, 3.63) is 18.3 Å². The molecule has 1 fully saturated rings. The second-order valence-corrected chi connectivity index (χ2v) is 5.00. The number of aromatic nitrogens is 1. The van der Waals surface area contributed by atoms with Crippen molar-refractivity contribution < 1.29 is 0 Å². The Morgan fingerprint density at radius 2 is 2.47 bits per heavy atom. The summed E-state index contributed by atoms with van der Waals surface area (Å²) in [5, 5.41) is 7.10. The molecule has 2 atom stereocenters. The fraction of sp³-hybridized carbons (Fsp3) is 0.583. The van der Waals surface area contributed by atoms with Crippen LogP contribution in [0.15, 0.2) is 18.3 Å². The molecule has 3 nitrogen and oxygen atoms in total. The Balaban J connectivity index is 1.97. The Labute approximate surface area is 90.3 Å². The topological polar surface area (TPSA) is 37.0 Å². The number of nitrogens with zero attached hydrogens (tertiary/aromatic N) is 1. The molecule has 80 valence electrons. The first-order chi connectivity index (χ1) is 7.28. The van der Waals surface area contributed by atoms with Crippen molar-refractivity contribution in [2.45, 2.75) is 32.2 Å². The zero-order valence-corrected chi connectivity index (χ0v) is 9.09. The van der Waals surface area contributed by atoms with E-state index in [1.54, 1.807) is 0 Å². The van der Waals surface area contributed by atoms with Crippen LogP contribution in [0, 0.1) is 5.41 Å². The van der Waals surface area contributed by atoms with Gasteiger partial charge in [0.05, 0.1) is 5.69 Å². The van der Waals surface area contributed by atoms with Crippen LogP contribution in [0.4, 0.5) is 11.5 Å². The number of pyridine rings is 1. The zero-order chi connectivity index (χ0) is 10.3. The van der Waals surface area contributed by atoms with Crippen molar-refractivity contribution in [2.75, 3.05) is 17.2 Å². The van der Waals surface area contributed by atoms with Gasteiger partial charge in [0.1, 0.15) is 5.82 Å². The highest BCUT2D eigenvalue weighted by Gasteiger charge is 2.40. The Hall–Kier alpha value is -1.25. The van der Waals surface area contributed by atoms with Crippen LogP contribution < -0.4 is 10.6 Å². The first-order valence-corrected chi connectivity index (χ1v) is 5.73. The maximum atomic E-state index is 4.40. The highest BCUT2D eigenvalue weighted by Crippen LogP contribution is 2.42. The largest absolute Gasteiger partial charge is 0.381 e. The van der Waals surface area contributed by atoms with Gasteiger partial charge in [0.15, 0.2) is 0 Å². The first kappa shape index (κ1) is 9.01. The molecule has 0 aromatic carbocycles. The highest BCUT2D eigenvalue weighted by atomic mass is 15.1. The van der Waals surface area contributed by atoms with Crippen LogP contribution in [0.3, 0.4) is 0 Å². The van der Waals surface area contributed by atoms with E-state index in [4.69, 9.17) is 0 Å². The van der Waals surface area contributed by atoms with Crippen LogP contribution in [-0.2, 0) is 0 Å². The molecule has 1 aromatic heterocycles. The summed E-state index contributed by atoms with van der Waals surface area (Å²) in [7, 11) is 0. The number of rotatable bonds is 0. The van der Waals surface area contributed by atoms with Gasteiger partial charge in [-0.15, -0.1) is 0 Å². The van der Waals surface area contributed by atoms with Crippen molar-refractivity contribution in [2.24, 2.45) is 5.41 Å². The van der Waals surface area contributed by atoms with Gasteiger partial charge in [0, 0.05) is 24.2 Å². The minimum absolute atomic E-state index is 0.390. The molecule has 2 heterocycles. The zero-order valence-electron chi connectivity index (χ0n) is 9.09. The lowest BCUT2D eigenvalue weighted by Gasteiger charge is -2.29. The van der Waals surface area contributed by atoms with Crippen molar-refractivity contribution >= 4 is 11.5 Å². The Bertz CT molecular complexity index is 377. The van der Waals surface area contributed by atoms with Crippen LogP contribution in [0.5, 0.6) is 0 Å². The first-order valence-electron chi connectivity index (χ1n) is 5.73. The number of fused-ring (bicyclic) bond motifs is 2. The molecule has 3 rings (SSSR count). The van der Waals surface area contributed by atoms with E-state index in [1.807, 2.05) is 12.3 Å². The van der Waals surface area contributed by atoms with Gasteiger partial charge in [-0.3, -0.25) is 0 Å². The second-order valence-electron chi connectivity index (χ2n) is 5.00. The van der Waals surface area contributed by atoms with Gasteiger partial charge < -0.3 is 10.6 Å². The quantitative estimate of drug-likeness (QED) is 0.680. The summed E-state index contributed by atoms with van der Waals surface area (Å²) in [6.45, 7) is 3.43. The summed E-state index contributed by atoms with van der Waals surface area (Å²) in [6.07, 6.45) is 5.77. The molecule has 3 heteroatoms. The van der Waals surface area contributed by atoms with E-state index < -0.39 is 0 Å². The van der Waals surface area contributed by atoms with Crippen LogP contribution in [0.1, 0.15) is 26.2 Å². The summed E-state index contributed by atoms with van der Waals surface area (Å²) in [5.41, 5.74) is 1.54. The van der Waals surface area contributed by atoms with E-state index >= 15 is 0 Å². The molecule has 1 aliphatic carbocycles. The van der Waals surface area contributed by atoms with E-state index in [0.717, 1.165) is 18.1 Å². The monoisotopic (exact) mass is 203 g/mol. The molecular formula is C12H17N3. The molecule has 0 spiro atoms. The smallest absolute Gasteiger partial charge is 0.149 e. The molecule has 0 amide bonds. The standard InChI is InChI=1S/C12H17N3/c1-12-6-2-5-10(12)15-11-9(14-8-12)4-3-7-13-11/h3-4,7,10,14H,2,5-6,8H2,1H3,(H,13,15). The lowest BCUT2D eigenvalue weighted by atomic mass is 9.85. The summed E-state index contributed by atoms with van der Waals surface area (Å²) < 4.78 is 0. The Morgan fingerprint density at radius 3 is 3.40 bits per heavy atom. The van der Waals surface area contributed by atoms with Crippen LogP contribution in [-0.4, -0.2) is 17.6 Å². The predicted octanol–water partition coefficient (Wildman–Crippen LogP) is 2.48. The maximum absolute atomic E-state index is 4.40. The molecular weight excluding hydrogens is 186 g/mol. The van der Waals surface area contributed by atoms with Gasteiger partial charge in [-0.25, -0.2) is 4.98 Å². The third-order valence-electron chi connectivity index (χ3n) is 3.88. The van der Waals surface area contributed by atoms with Gasteiger partial charge in [-0.1, -0.05) is 13.3 Å². The highest BCUT2D eigenvalue weighted by molar-refractivity contribution is 5.65. The predicted molar refractivity (Wildman–Crippen MR) is 62.1 cm³/mol. The summed E-state index contributed by atoms with van der Waals surface area (Å²) in [6, 6.07) is 4.66. The average Bonchev–Trinajstić information content (AvgIpc) is 2.54. The second kappa shape index (κ2) is 3.12. The maximum Gasteiger partial charge on any atom is 0.149 e. The lowest BCUT2D eigenvalue weighted by molar-refractivity contribution is 0.335. The summed E-state index contributed by atoms with van der Waals surface area (Å²) in [4.78, 5) is 4.40. The fourth-order valence-corrected chi connectivity index (χ4v) is 2.82. The van der Waals surface area contributed by atoms with Crippen molar-refractivity contribution in [3.8, 4) is 0 Å². The van der Waals surface area contributed by atoms with Crippen LogP contribution in [0.2, 0.25) is 0 Å². The number of hydrogen-bond donors (Lipinski definition) is 2. The van der Waals surface area contributed by atoms with Crippen molar-refractivity contribution in [1.29, 1.82) is 0 Å². The molecule has 0 bridgehead atoms. The molecule has 2 unspecified atom stereocenters. The number of anilines is 2. The summed E-state index contributed by atoms with van der Waals surface area (Å²) >= 11 is 0. The van der Waals surface area contributed by atoms with E-state index in [1.165, 1.54) is 19.3 Å². The van der Waals surface area contributed by atoms with Gasteiger partial charge in [-0.2, -0.15) is 0 Å². The van der Waals surface area contributed by atoms with Crippen molar-refractivity contribution in [3.63, 3.8) is 0 Å². The SMILES string of the molecule is CC12CCCC1Nc1ncccc1NC2. The Morgan fingerprint density at radius 1 is 1.53 bits per heavy atom. The normalized spacial score (nSPS) is 33.3. The lowest BCUT2D eigenvalue weighted by Crippen LogP contribution is -2.36. The van der Waals surface area contributed by atoms with E-state index in [-0.39, 0.29) is 0 Å². The number of hydrogen-bond acceptors (Lipinski definition) is 3. The molecule has 1 aromatic rings. The van der Waals surface area contributed by atoms with Gasteiger partial charge in [0.2, 0.25) is 0 Å². The summed E-state index contributed by atoms with van der Waals surface area (Å²) in [5.74, 6) is 1.02. The molecule has 1 saturated carbocycles. The molecule has 2 aliphatic rings. The van der Waals surface area contributed by atoms with Gasteiger partial charge in [0.25, 0.3) is 0 Å². The molecule has 2 N–H and O–H groups in total.